The van der Waals surface area contributed by atoms with Crippen molar-refractivity contribution in [2.45, 2.75) is 26.3 Å². The second-order valence-corrected chi connectivity index (χ2v) is 6.32. The van der Waals surface area contributed by atoms with Gasteiger partial charge in [0.05, 0.1) is 0 Å². The fraction of sp³-hybridized carbons (Fsp3) is 0.263. The van der Waals surface area contributed by atoms with Gasteiger partial charge in [-0.15, -0.1) is 0 Å². The number of hydrogen-bond donors (Lipinski definition) is 3. The summed E-state index contributed by atoms with van der Waals surface area (Å²) in [5, 5.41) is 15.6. The lowest BCUT2D eigenvalue weighted by atomic mass is 9.97. The van der Waals surface area contributed by atoms with E-state index >= 15 is 0 Å². The average molecular weight is 361 g/mol. The highest BCUT2D eigenvalue weighted by atomic mass is 35.5. The third-order valence-electron chi connectivity index (χ3n) is 4.00. The summed E-state index contributed by atoms with van der Waals surface area (Å²) < 4.78 is 0. The first-order chi connectivity index (χ1) is 11.9. The number of anilines is 1. The van der Waals surface area contributed by atoms with Gasteiger partial charge in [0.2, 0.25) is 5.91 Å². The van der Waals surface area contributed by atoms with E-state index < -0.39 is 6.04 Å². The summed E-state index contributed by atoms with van der Waals surface area (Å²) in [5.74, 6) is -0.674. The number of amides is 2. The molecule has 0 aliphatic carbocycles. The van der Waals surface area contributed by atoms with Gasteiger partial charge in [0.15, 0.2) is 0 Å². The van der Waals surface area contributed by atoms with Crippen molar-refractivity contribution in [3.05, 3.63) is 59.1 Å². The lowest BCUT2D eigenvalue weighted by Crippen LogP contribution is -2.47. The van der Waals surface area contributed by atoms with E-state index in [9.17, 15) is 14.7 Å². The molecule has 3 N–H and O–H groups in total. The molecule has 25 heavy (non-hydrogen) atoms. The van der Waals surface area contributed by atoms with Gasteiger partial charge in [0, 0.05) is 22.3 Å². The molecule has 2 aromatic rings. The highest BCUT2D eigenvalue weighted by Crippen LogP contribution is 2.18. The van der Waals surface area contributed by atoms with Crippen molar-refractivity contribution in [1.29, 1.82) is 0 Å². The molecule has 0 bridgehead atoms. The van der Waals surface area contributed by atoms with Gasteiger partial charge in [-0.05, 0) is 42.3 Å². The maximum atomic E-state index is 12.6. The van der Waals surface area contributed by atoms with Gasteiger partial charge in [-0.2, -0.15) is 0 Å². The van der Waals surface area contributed by atoms with Crippen LogP contribution in [0.5, 0.6) is 5.75 Å². The topological polar surface area (TPSA) is 78.4 Å². The zero-order chi connectivity index (χ0) is 18.4. The molecule has 0 aliphatic rings. The molecule has 6 heteroatoms. The molecular formula is C19H21ClN2O3. The van der Waals surface area contributed by atoms with Crippen molar-refractivity contribution in [2.24, 2.45) is 5.92 Å². The standard InChI is InChI=1S/C19H21ClN2O3/c1-3-12(2)17(19(25)21-15-5-4-6-16(23)11-15)22-18(24)13-7-9-14(20)10-8-13/h4-12,17,23H,3H2,1-2H3,(H,21,25)(H,22,24). The summed E-state index contributed by atoms with van der Waals surface area (Å²) in [6, 6.07) is 12.0. The van der Waals surface area contributed by atoms with E-state index in [1.807, 2.05) is 13.8 Å². The number of nitrogens with one attached hydrogen (secondary N) is 2. The number of phenolic OH excluding ortho intramolecular Hbond substituents is 1. The number of halogens is 1. The summed E-state index contributed by atoms with van der Waals surface area (Å²) in [6.07, 6.45) is 0.721. The van der Waals surface area contributed by atoms with Gasteiger partial charge in [0.25, 0.3) is 5.91 Å². The Morgan fingerprint density at radius 1 is 1.16 bits per heavy atom. The van der Waals surface area contributed by atoms with Crippen molar-refractivity contribution in [3.8, 4) is 5.75 Å². The molecule has 0 aliphatic heterocycles. The molecule has 132 valence electrons. The van der Waals surface area contributed by atoms with Gasteiger partial charge in [-0.1, -0.05) is 37.9 Å². The molecule has 5 nitrogen and oxygen atoms in total. The Balaban J connectivity index is 2.13. The minimum absolute atomic E-state index is 0.0584. The smallest absolute Gasteiger partial charge is 0.251 e. The van der Waals surface area contributed by atoms with Crippen LogP contribution >= 0.6 is 11.6 Å². The van der Waals surface area contributed by atoms with Crippen molar-refractivity contribution in [2.75, 3.05) is 5.32 Å². The Labute approximate surface area is 152 Å². The summed E-state index contributed by atoms with van der Waals surface area (Å²) >= 11 is 5.83. The molecule has 0 aromatic heterocycles. The van der Waals surface area contributed by atoms with E-state index in [-0.39, 0.29) is 23.5 Å². The Morgan fingerprint density at radius 3 is 2.44 bits per heavy atom. The summed E-state index contributed by atoms with van der Waals surface area (Å²) in [5.41, 5.74) is 0.905. The number of carbonyl (C=O) groups is 2. The third kappa shape index (κ3) is 5.22. The lowest BCUT2D eigenvalue weighted by Gasteiger charge is -2.23. The van der Waals surface area contributed by atoms with Crippen LogP contribution < -0.4 is 10.6 Å². The van der Waals surface area contributed by atoms with Crippen molar-refractivity contribution in [1.82, 2.24) is 5.32 Å². The first kappa shape index (κ1) is 18.8. The van der Waals surface area contributed by atoms with Gasteiger partial charge >= 0.3 is 0 Å². The Kier molecular flexibility index (Phi) is 6.42. The number of carbonyl (C=O) groups excluding carboxylic acids is 2. The number of hydrogen-bond acceptors (Lipinski definition) is 3. The fourth-order valence-corrected chi connectivity index (χ4v) is 2.46. The first-order valence-electron chi connectivity index (χ1n) is 8.07. The summed E-state index contributed by atoms with van der Waals surface area (Å²) in [7, 11) is 0. The third-order valence-corrected chi connectivity index (χ3v) is 4.25. The summed E-state index contributed by atoms with van der Waals surface area (Å²) in [6.45, 7) is 3.85. The molecule has 2 rings (SSSR count). The molecule has 0 radical (unpaired) electrons. The zero-order valence-corrected chi connectivity index (χ0v) is 14.9. The van der Waals surface area contributed by atoms with Crippen LogP contribution in [-0.4, -0.2) is 23.0 Å². The molecule has 0 fully saturated rings. The SMILES string of the molecule is CCC(C)C(NC(=O)c1ccc(Cl)cc1)C(=O)Nc1cccc(O)c1. The Hall–Kier alpha value is -2.53. The van der Waals surface area contributed by atoms with Crippen LogP contribution in [0, 0.1) is 5.92 Å². The van der Waals surface area contributed by atoms with Gasteiger partial charge in [0.1, 0.15) is 11.8 Å². The molecule has 0 heterocycles. The van der Waals surface area contributed by atoms with Crippen LogP contribution in [0.1, 0.15) is 30.6 Å². The predicted octanol–water partition coefficient (Wildman–Crippen LogP) is 3.83. The monoisotopic (exact) mass is 360 g/mol. The van der Waals surface area contributed by atoms with E-state index in [4.69, 9.17) is 11.6 Å². The lowest BCUT2D eigenvalue weighted by molar-refractivity contribution is -0.119. The van der Waals surface area contributed by atoms with E-state index in [0.29, 0.717) is 16.3 Å². The quantitative estimate of drug-likeness (QED) is 0.732. The van der Waals surface area contributed by atoms with Crippen LogP contribution in [0.25, 0.3) is 0 Å². The van der Waals surface area contributed by atoms with Crippen molar-refractivity contribution >= 4 is 29.1 Å². The fourth-order valence-electron chi connectivity index (χ4n) is 2.33. The maximum absolute atomic E-state index is 12.6. The van der Waals surface area contributed by atoms with Gasteiger partial charge in [-0.3, -0.25) is 9.59 Å². The largest absolute Gasteiger partial charge is 0.508 e. The van der Waals surface area contributed by atoms with Gasteiger partial charge in [-0.25, -0.2) is 0 Å². The maximum Gasteiger partial charge on any atom is 0.251 e. The average Bonchev–Trinajstić information content (AvgIpc) is 2.59. The number of phenols is 1. The summed E-state index contributed by atoms with van der Waals surface area (Å²) in [4.78, 5) is 25.0. The van der Waals surface area contributed by atoms with Crippen LogP contribution in [0.2, 0.25) is 5.02 Å². The Morgan fingerprint density at radius 2 is 1.84 bits per heavy atom. The number of benzene rings is 2. The van der Waals surface area contributed by atoms with E-state index in [0.717, 1.165) is 6.42 Å². The molecule has 0 saturated heterocycles. The molecule has 0 saturated carbocycles. The molecule has 2 aromatic carbocycles. The molecule has 0 spiro atoms. The molecular weight excluding hydrogens is 340 g/mol. The first-order valence-corrected chi connectivity index (χ1v) is 8.44. The van der Waals surface area contributed by atoms with E-state index in [1.165, 1.54) is 12.1 Å². The molecule has 2 atom stereocenters. The highest BCUT2D eigenvalue weighted by molar-refractivity contribution is 6.30. The van der Waals surface area contributed by atoms with Crippen molar-refractivity contribution in [3.63, 3.8) is 0 Å². The second kappa shape index (κ2) is 8.53. The second-order valence-electron chi connectivity index (χ2n) is 5.88. The minimum atomic E-state index is -0.699. The zero-order valence-electron chi connectivity index (χ0n) is 14.1. The molecule has 2 amide bonds. The number of aromatic hydroxyl groups is 1. The highest BCUT2D eigenvalue weighted by Gasteiger charge is 2.26. The Bertz CT molecular complexity index is 747. The van der Waals surface area contributed by atoms with Crippen LogP contribution in [0.4, 0.5) is 5.69 Å². The van der Waals surface area contributed by atoms with Gasteiger partial charge < -0.3 is 15.7 Å². The van der Waals surface area contributed by atoms with Crippen molar-refractivity contribution < 1.29 is 14.7 Å². The predicted molar refractivity (Wildman–Crippen MR) is 98.9 cm³/mol. The van der Waals surface area contributed by atoms with Crippen LogP contribution in [0.15, 0.2) is 48.5 Å². The van der Waals surface area contributed by atoms with Crippen LogP contribution in [0.3, 0.4) is 0 Å². The van der Waals surface area contributed by atoms with E-state index in [2.05, 4.69) is 10.6 Å². The number of rotatable bonds is 6. The molecule has 2 unspecified atom stereocenters. The minimum Gasteiger partial charge on any atom is -0.508 e. The normalized spacial score (nSPS) is 12.9. The van der Waals surface area contributed by atoms with Crippen LogP contribution in [-0.2, 0) is 4.79 Å². The van der Waals surface area contributed by atoms with E-state index in [1.54, 1.807) is 36.4 Å².